The second-order valence-electron chi connectivity index (χ2n) is 7.26. The molecule has 0 N–H and O–H groups in total. The Morgan fingerprint density at radius 2 is 2.04 bits per heavy atom. The second kappa shape index (κ2) is 8.34. The number of rotatable bonds is 7. The Morgan fingerprint density at radius 1 is 1.36 bits per heavy atom. The van der Waals surface area contributed by atoms with Crippen LogP contribution in [0.15, 0.2) is 22.7 Å². The topological polar surface area (TPSA) is 38.8 Å². The van der Waals surface area contributed by atoms with Gasteiger partial charge in [-0.2, -0.15) is 0 Å². The molecule has 0 aliphatic heterocycles. The van der Waals surface area contributed by atoms with Crippen LogP contribution < -0.4 is 4.74 Å². The lowest BCUT2D eigenvalue weighted by molar-refractivity contribution is 0.0220. The van der Waals surface area contributed by atoms with Crippen molar-refractivity contribution >= 4 is 22.0 Å². The SMILES string of the molecule is CC(C)(C)OC(=O)N(Cc1cc(Br)ccc1OCC(F)F)CC1CC1. The van der Waals surface area contributed by atoms with Gasteiger partial charge in [-0.05, 0) is 57.7 Å². The Hall–Kier alpha value is -1.37. The summed E-state index contributed by atoms with van der Waals surface area (Å²) in [6.07, 6.45) is -0.775. The zero-order valence-corrected chi connectivity index (χ0v) is 16.3. The molecule has 1 aliphatic rings. The van der Waals surface area contributed by atoms with Gasteiger partial charge in [-0.3, -0.25) is 0 Å². The number of benzene rings is 1. The van der Waals surface area contributed by atoms with Gasteiger partial charge in [-0.1, -0.05) is 15.9 Å². The molecule has 0 saturated heterocycles. The number of hydrogen-bond donors (Lipinski definition) is 0. The number of hydrogen-bond acceptors (Lipinski definition) is 3. The number of halogens is 3. The fourth-order valence-corrected chi connectivity index (χ4v) is 2.72. The Kier molecular flexibility index (Phi) is 6.65. The summed E-state index contributed by atoms with van der Waals surface area (Å²) in [6.45, 7) is 5.62. The van der Waals surface area contributed by atoms with Crippen molar-refractivity contribution in [3.8, 4) is 5.75 Å². The fraction of sp³-hybridized carbons (Fsp3) is 0.611. The van der Waals surface area contributed by atoms with Gasteiger partial charge in [0.2, 0.25) is 0 Å². The summed E-state index contributed by atoms with van der Waals surface area (Å²) in [5, 5.41) is 0. The third-order valence-electron chi connectivity index (χ3n) is 3.58. The van der Waals surface area contributed by atoms with Crippen LogP contribution in [-0.2, 0) is 11.3 Å². The van der Waals surface area contributed by atoms with Crippen LogP contribution in [0, 0.1) is 5.92 Å². The van der Waals surface area contributed by atoms with E-state index >= 15 is 0 Å². The third kappa shape index (κ3) is 7.18. The standard InChI is InChI=1S/C18H24BrF2NO3/c1-18(2,3)25-17(23)22(9-12-4-5-12)10-13-8-14(19)6-7-15(13)24-11-16(20)21/h6-8,12,16H,4-5,9-11H2,1-3H3. The summed E-state index contributed by atoms with van der Waals surface area (Å²) < 4.78 is 36.4. The van der Waals surface area contributed by atoms with E-state index in [1.165, 1.54) is 0 Å². The van der Waals surface area contributed by atoms with Gasteiger partial charge in [0, 0.05) is 16.6 Å². The van der Waals surface area contributed by atoms with E-state index in [-0.39, 0.29) is 6.54 Å². The van der Waals surface area contributed by atoms with Gasteiger partial charge in [-0.15, -0.1) is 0 Å². The summed E-state index contributed by atoms with van der Waals surface area (Å²) in [5.74, 6) is 0.831. The number of amides is 1. The Balaban J connectivity index is 2.16. The van der Waals surface area contributed by atoms with E-state index in [2.05, 4.69) is 15.9 Å². The summed E-state index contributed by atoms with van der Waals surface area (Å²) >= 11 is 3.38. The predicted molar refractivity (Wildman–Crippen MR) is 95.0 cm³/mol. The largest absolute Gasteiger partial charge is 0.487 e. The molecule has 0 radical (unpaired) electrons. The average Bonchev–Trinajstić information content (AvgIpc) is 3.27. The molecule has 1 saturated carbocycles. The zero-order valence-electron chi connectivity index (χ0n) is 14.7. The number of carbonyl (C=O) groups is 1. The smallest absolute Gasteiger partial charge is 0.410 e. The lowest BCUT2D eigenvalue weighted by atomic mass is 10.1. The fourth-order valence-electron chi connectivity index (χ4n) is 2.31. The van der Waals surface area contributed by atoms with Crippen LogP contribution in [0.25, 0.3) is 0 Å². The Bertz CT molecular complexity index is 600. The summed E-state index contributed by atoms with van der Waals surface area (Å²) in [4.78, 5) is 14.1. The second-order valence-corrected chi connectivity index (χ2v) is 8.17. The number of carbonyl (C=O) groups excluding carboxylic acids is 1. The van der Waals surface area contributed by atoms with Crippen LogP contribution in [0.3, 0.4) is 0 Å². The van der Waals surface area contributed by atoms with Crippen LogP contribution >= 0.6 is 15.9 Å². The van der Waals surface area contributed by atoms with Gasteiger partial charge >= 0.3 is 6.09 Å². The van der Waals surface area contributed by atoms with E-state index in [1.807, 2.05) is 20.8 Å². The molecule has 1 fully saturated rings. The van der Waals surface area contributed by atoms with E-state index in [1.54, 1.807) is 23.1 Å². The quantitative estimate of drug-likeness (QED) is 0.606. The molecule has 25 heavy (non-hydrogen) atoms. The molecule has 2 rings (SSSR count). The maximum absolute atomic E-state index is 12.5. The monoisotopic (exact) mass is 419 g/mol. The van der Waals surface area contributed by atoms with Crippen molar-refractivity contribution in [2.45, 2.75) is 52.2 Å². The van der Waals surface area contributed by atoms with Crippen LogP contribution in [0.4, 0.5) is 13.6 Å². The average molecular weight is 420 g/mol. The molecule has 140 valence electrons. The van der Waals surface area contributed by atoms with E-state index < -0.39 is 24.7 Å². The summed E-state index contributed by atoms with van der Waals surface area (Å²) in [6, 6.07) is 5.14. The molecule has 0 atom stereocenters. The van der Waals surface area contributed by atoms with E-state index in [0.717, 1.165) is 17.3 Å². The van der Waals surface area contributed by atoms with Crippen LogP contribution in [0.2, 0.25) is 0 Å². The Morgan fingerprint density at radius 3 is 2.60 bits per heavy atom. The molecule has 0 bridgehead atoms. The highest BCUT2D eigenvalue weighted by Gasteiger charge is 2.30. The minimum absolute atomic E-state index is 0.253. The molecule has 7 heteroatoms. The van der Waals surface area contributed by atoms with Crippen molar-refractivity contribution in [1.29, 1.82) is 0 Å². The first-order chi connectivity index (χ1) is 11.6. The molecule has 1 aromatic carbocycles. The van der Waals surface area contributed by atoms with Crippen molar-refractivity contribution < 1.29 is 23.0 Å². The maximum Gasteiger partial charge on any atom is 0.410 e. The van der Waals surface area contributed by atoms with Crippen LogP contribution in [0.5, 0.6) is 5.75 Å². The number of alkyl halides is 2. The number of ether oxygens (including phenoxy) is 2. The van der Waals surface area contributed by atoms with Crippen LogP contribution in [0.1, 0.15) is 39.2 Å². The van der Waals surface area contributed by atoms with E-state index in [9.17, 15) is 13.6 Å². The molecule has 0 aromatic heterocycles. The van der Waals surface area contributed by atoms with Crippen molar-refractivity contribution in [2.24, 2.45) is 5.92 Å². The molecule has 0 spiro atoms. The highest BCUT2D eigenvalue weighted by atomic mass is 79.9. The third-order valence-corrected chi connectivity index (χ3v) is 4.07. The molecule has 0 heterocycles. The van der Waals surface area contributed by atoms with Gasteiger partial charge in [0.1, 0.15) is 18.0 Å². The molecule has 1 aliphatic carbocycles. The molecular formula is C18H24BrF2NO3. The molecule has 4 nitrogen and oxygen atoms in total. The molecule has 1 amide bonds. The predicted octanol–water partition coefficient (Wildman–Crippen LogP) is 5.24. The van der Waals surface area contributed by atoms with Gasteiger partial charge in [0.05, 0.1) is 6.54 Å². The Labute approximate surface area is 155 Å². The van der Waals surface area contributed by atoms with Gasteiger partial charge in [-0.25, -0.2) is 13.6 Å². The van der Waals surface area contributed by atoms with Crippen molar-refractivity contribution in [3.63, 3.8) is 0 Å². The minimum atomic E-state index is -2.55. The molecule has 0 unspecified atom stereocenters. The van der Waals surface area contributed by atoms with Crippen molar-refractivity contribution in [1.82, 2.24) is 4.90 Å². The highest BCUT2D eigenvalue weighted by molar-refractivity contribution is 9.10. The minimum Gasteiger partial charge on any atom is -0.487 e. The van der Waals surface area contributed by atoms with E-state index in [0.29, 0.717) is 23.8 Å². The summed E-state index contributed by atoms with van der Waals surface area (Å²) in [5.41, 5.74) is 0.0760. The van der Waals surface area contributed by atoms with Crippen molar-refractivity contribution in [3.05, 3.63) is 28.2 Å². The highest BCUT2D eigenvalue weighted by Crippen LogP contribution is 2.32. The zero-order chi connectivity index (χ0) is 18.6. The lowest BCUT2D eigenvalue weighted by Crippen LogP contribution is -2.37. The van der Waals surface area contributed by atoms with Gasteiger partial charge in [0.15, 0.2) is 0 Å². The van der Waals surface area contributed by atoms with Crippen LogP contribution in [-0.4, -0.2) is 36.2 Å². The first kappa shape index (κ1) is 19.9. The normalized spacial score (nSPS) is 14.5. The van der Waals surface area contributed by atoms with Gasteiger partial charge < -0.3 is 14.4 Å². The summed E-state index contributed by atoms with van der Waals surface area (Å²) in [7, 11) is 0. The maximum atomic E-state index is 12.5. The molecular weight excluding hydrogens is 396 g/mol. The van der Waals surface area contributed by atoms with Crippen molar-refractivity contribution in [2.75, 3.05) is 13.2 Å². The lowest BCUT2D eigenvalue weighted by Gasteiger charge is -2.28. The molecule has 1 aromatic rings. The number of nitrogens with zero attached hydrogens (tertiary/aromatic N) is 1. The first-order valence-electron chi connectivity index (χ1n) is 8.31. The van der Waals surface area contributed by atoms with E-state index in [4.69, 9.17) is 9.47 Å². The first-order valence-corrected chi connectivity index (χ1v) is 9.10. The van der Waals surface area contributed by atoms with Gasteiger partial charge in [0.25, 0.3) is 6.43 Å².